The van der Waals surface area contributed by atoms with E-state index in [0.29, 0.717) is 0 Å². The zero-order valence-electron chi connectivity index (χ0n) is 12.7. The molecule has 0 radical (unpaired) electrons. The summed E-state index contributed by atoms with van der Waals surface area (Å²) in [7, 11) is 0. The molecule has 0 aliphatic carbocycles. The van der Waals surface area contributed by atoms with Crippen molar-refractivity contribution in [1.29, 1.82) is 0 Å². The third-order valence-electron chi connectivity index (χ3n) is 4.17. The predicted molar refractivity (Wildman–Crippen MR) is 86.3 cm³/mol. The van der Waals surface area contributed by atoms with E-state index in [0.717, 1.165) is 18.7 Å². The molecule has 0 amide bonds. The highest BCUT2D eigenvalue weighted by Gasteiger charge is 2.14. The Hall–Kier alpha value is -1.74. The first kappa shape index (κ1) is 14.2. The van der Waals surface area contributed by atoms with Gasteiger partial charge in [-0.15, -0.1) is 0 Å². The van der Waals surface area contributed by atoms with Crippen LogP contribution in [0.4, 0.5) is 5.69 Å². The Morgan fingerprint density at radius 1 is 1.19 bits per heavy atom. The van der Waals surface area contributed by atoms with Crippen LogP contribution in [0.2, 0.25) is 0 Å². The summed E-state index contributed by atoms with van der Waals surface area (Å²) in [6.45, 7) is 5.71. The quantitative estimate of drug-likeness (QED) is 0.850. The zero-order chi connectivity index (χ0) is 14.5. The van der Waals surface area contributed by atoms with Crippen molar-refractivity contribution >= 4 is 5.69 Å². The van der Waals surface area contributed by atoms with Crippen molar-refractivity contribution in [2.75, 3.05) is 18.4 Å². The second kappa shape index (κ2) is 6.81. The monoisotopic (exact) mass is 284 g/mol. The van der Waals surface area contributed by atoms with Gasteiger partial charge in [-0.05, 0) is 62.2 Å². The largest absolute Gasteiger partial charge is 0.467 e. The molecule has 0 bridgehead atoms. The van der Waals surface area contributed by atoms with Crippen LogP contribution in [-0.4, -0.2) is 18.0 Å². The molecule has 0 spiro atoms. The number of nitrogens with one attached hydrogen (secondary N) is 1. The van der Waals surface area contributed by atoms with Gasteiger partial charge >= 0.3 is 0 Å². The van der Waals surface area contributed by atoms with E-state index in [1.807, 2.05) is 12.1 Å². The van der Waals surface area contributed by atoms with Crippen molar-refractivity contribution in [3.05, 3.63) is 54.0 Å². The molecule has 1 atom stereocenters. The van der Waals surface area contributed by atoms with Crippen LogP contribution >= 0.6 is 0 Å². The summed E-state index contributed by atoms with van der Waals surface area (Å²) < 4.78 is 5.53. The predicted octanol–water partition coefficient (Wildman–Crippen LogP) is 4.44. The first-order chi connectivity index (χ1) is 10.3. The normalized spacial score (nSPS) is 17.0. The lowest BCUT2D eigenvalue weighted by Crippen LogP contribution is -2.18. The molecule has 2 aromatic rings. The minimum atomic E-state index is 0.238. The smallest absolute Gasteiger partial charge is 0.125 e. The molecule has 0 saturated carbocycles. The SMILES string of the molecule is CCC(Nc1cccc(CN2CCCC2)c1)c1ccco1. The molecule has 2 heterocycles. The zero-order valence-corrected chi connectivity index (χ0v) is 12.7. The average molecular weight is 284 g/mol. The van der Waals surface area contributed by atoms with Crippen molar-refractivity contribution in [1.82, 2.24) is 4.90 Å². The maximum atomic E-state index is 5.53. The van der Waals surface area contributed by atoms with Crippen LogP contribution in [0.3, 0.4) is 0 Å². The van der Waals surface area contributed by atoms with Crippen LogP contribution < -0.4 is 5.32 Å². The summed E-state index contributed by atoms with van der Waals surface area (Å²) in [6.07, 6.45) is 5.43. The second-order valence-electron chi connectivity index (χ2n) is 5.80. The van der Waals surface area contributed by atoms with Gasteiger partial charge in [-0.25, -0.2) is 0 Å². The molecule has 1 saturated heterocycles. The number of hydrogen-bond acceptors (Lipinski definition) is 3. The lowest BCUT2D eigenvalue weighted by Gasteiger charge is -2.18. The highest BCUT2D eigenvalue weighted by Crippen LogP contribution is 2.24. The summed E-state index contributed by atoms with van der Waals surface area (Å²) >= 11 is 0. The van der Waals surface area contributed by atoms with Crippen molar-refractivity contribution in [3.63, 3.8) is 0 Å². The van der Waals surface area contributed by atoms with Gasteiger partial charge in [-0.1, -0.05) is 19.1 Å². The van der Waals surface area contributed by atoms with E-state index in [9.17, 15) is 0 Å². The summed E-state index contributed by atoms with van der Waals surface area (Å²) in [4.78, 5) is 2.53. The maximum Gasteiger partial charge on any atom is 0.125 e. The van der Waals surface area contributed by atoms with Crippen LogP contribution in [0.1, 0.15) is 43.6 Å². The molecule has 1 aliphatic rings. The van der Waals surface area contributed by atoms with Crippen LogP contribution in [0, 0.1) is 0 Å². The van der Waals surface area contributed by atoms with Gasteiger partial charge in [0.2, 0.25) is 0 Å². The molecule has 3 heteroatoms. The molecule has 1 N–H and O–H groups in total. The molecule has 3 rings (SSSR count). The van der Waals surface area contributed by atoms with Gasteiger partial charge in [0.05, 0.1) is 12.3 Å². The lowest BCUT2D eigenvalue weighted by atomic mass is 10.1. The molecule has 3 nitrogen and oxygen atoms in total. The fraction of sp³-hybridized carbons (Fsp3) is 0.444. The van der Waals surface area contributed by atoms with Gasteiger partial charge < -0.3 is 9.73 Å². The number of rotatable bonds is 6. The highest BCUT2D eigenvalue weighted by molar-refractivity contribution is 5.47. The highest BCUT2D eigenvalue weighted by atomic mass is 16.3. The Bertz CT molecular complexity index is 544. The molecule has 112 valence electrons. The lowest BCUT2D eigenvalue weighted by molar-refractivity contribution is 0.331. The molecule has 1 fully saturated rings. The molecule has 21 heavy (non-hydrogen) atoms. The third kappa shape index (κ3) is 3.67. The van der Waals surface area contributed by atoms with Crippen molar-refractivity contribution in [2.24, 2.45) is 0 Å². The topological polar surface area (TPSA) is 28.4 Å². The minimum Gasteiger partial charge on any atom is -0.467 e. The van der Waals surface area contributed by atoms with Crippen LogP contribution in [0.15, 0.2) is 47.1 Å². The molecule has 1 unspecified atom stereocenters. The summed E-state index contributed by atoms with van der Waals surface area (Å²) in [5.74, 6) is 1.00. The van der Waals surface area contributed by atoms with E-state index in [4.69, 9.17) is 4.42 Å². The average Bonchev–Trinajstić information content (AvgIpc) is 3.18. The van der Waals surface area contributed by atoms with E-state index in [1.165, 1.54) is 37.2 Å². The number of furan rings is 1. The van der Waals surface area contributed by atoms with E-state index in [1.54, 1.807) is 6.26 Å². The Morgan fingerprint density at radius 3 is 2.76 bits per heavy atom. The van der Waals surface area contributed by atoms with Gasteiger partial charge in [0.15, 0.2) is 0 Å². The molecule has 1 aromatic carbocycles. The Kier molecular flexibility index (Phi) is 4.61. The van der Waals surface area contributed by atoms with Crippen molar-refractivity contribution in [2.45, 2.75) is 38.8 Å². The third-order valence-corrected chi connectivity index (χ3v) is 4.17. The number of anilines is 1. The van der Waals surface area contributed by atoms with Crippen molar-refractivity contribution < 1.29 is 4.42 Å². The Labute approximate surface area is 127 Å². The van der Waals surface area contributed by atoms with Gasteiger partial charge in [0.1, 0.15) is 5.76 Å². The van der Waals surface area contributed by atoms with Gasteiger partial charge in [-0.2, -0.15) is 0 Å². The van der Waals surface area contributed by atoms with Gasteiger partial charge in [0.25, 0.3) is 0 Å². The summed E-state index contributed by atoms with van der Waals surface area (Å²) in [6, 6.07) is 13.0. The second-order valence-corrected chi connectivity index (χ2v) is 5.80. The summed E-state index contributed by atoms with van der Waals surface area (Å²) in [5, 5.41) is 3.58. The van der Waals surface area contributed by atoms with E-state index in [-0.39, 0.29) is 6.04 Å². The Balaban J connectivity index is 1.67. The van der Waals surface area contributed by atoms with Gasteiger partial charge in [0, 0.05) is 12.2 Å². The van der Waals surface area contributed by atoms with Crippen LogP contribution in [0.25, 0.3) is 0 Å². The van der Waals surface area contributed by atoms with E-state index in [2.05, 4.69) is 41.4 Å². The molecular formula is C18H24N2O. The summed E-state index contributed by atoms with van der Waals surface area (Å²) in [5.41, 5.74) is 2.56. The molecular weight excluding hydrogens is 260 g/mol. The minimum absolute atomic E-state index is 0.238. The number of hydrogen-bond donors (Lipinski definition) is 1. The van der Waals surface area contributed by atoms with Crippen LogP contribution in [0.5, 0.6) is 0 Å². The maximum absolute atomic E-state index is 5.53. The van der Waals surface area contributed by atoms with E-state index >= 15 is 0 Å². The first-order valence-electron chi connectivity index (χ1n) is 7.96. The molecule has 1 aromatic heterocycles. The van der Waals surface area contributed by atoms with E-state index < -0.39 is 0 Å². The number of benzene rings is 1. The molecule has 1 aliphatic heterocycles. The Morgan fingerprint density at radius 2 is 2.05 bits per heavy atom. The fourth-order valence-corrected chi connectivity index (χ4v) is 3.02. The number of nitrogens with zero attached hydrogens (tertiary/aromatic N) is 1. The number of likely N-dealkylation sites (tertiary alicyclic amines) is 1. The van der Waals surface area contributed by atoms with Crippen LogP contribution in [-0.2, 0) is 6.54 Å². The standard InChI is InChI=1S/C18H24N2O/c1-2-17(18-9-6-12-21-18)19-16-8-5-7-15(13-16)14-20-10-3-4-11-20/h5-9,12-13,17,19H,2-4,10-11,14H2,1H3. The van der Waals surface area contributed by atoms with Gasteiger partial charge in [-0.3, -0.25) is 4.90 Å². The van der Waals surface area contributed by atoms with Crippen molar-refractivity contribution in [3.8, 4) is 0 Å². The first-order valence-corrected chi connectivity index (χ1v) is 7.96. The fourth-order valence-electron chi connectivity index (χ4n) is 3.02.